The fraction of sp³-hybridized carbons (Fsp3) is 0.312. The second-order valence-electron chi connectivity index (χ2n) is 10.5. The van der Waals surface area contributed by atoms with E-state index >= 15 is 0 Å². The molecule has 200 valence electrons. The number of carbonyl (C=O) groups is 2. The summed E-state index contributed by atoms with van der Waals surface area (Å²) in [4.78, 5) is 35.1. The maximum Gasteiger partial charge on any atom is 0.255 e. The summed E-state index contributed by atoms with van der Waals surface area (Å²) in [5.74, 6) is 1.02. The topological polar surface area (TPSA) is 74.9 Å². The van der Waals surface area contributed by atoms with Crippen LogP contribution < -0.4 is 9.47 Å². The largest absolute Gasteiger partial charge is 0.493 e. The molecule has 7 heteroatoms. The lowest BCUT2D eigenvalue weighted by molar-refractivity contribution is -0.166. The van der Waals surface area contributed by atoms with Gasteiger partial charge in [-0.05, 0) is 53.8 Å². The Morgan fingerprint density at radius 1 is 0.949 bits per heavy atom. The van der Waals surface area contributed by atoms with Gasteiger partial charge in [0.25, 0.3) is 5.91 Å². The number of aryl methyl sites for hydroxylation is 1. The number of aromatic amines is 1. The number of H-pyrrole nitrogens is 1. The molecule has 1 N–H and O–H groups in total. The third-order valence-electron chi connectivity index (χ3n) is 8.43. The number of ether oxygens (including phenoxy) is 2. The van der Waals surface area contributed by atoms with E-state index in [1.54, 1.807) is 24.0 Å². The van der Waals surface area contributed by atoms with Gasteiger partial charge in [0.05, 0.1) is 19.9 Å². The molecule has 0 radical (unpaired) electrons. The Balaban J connectivity index is 1.44. The summed E-state index contributed by atoms with van der Waals surface area (Å²) in [6, 6.07) is 22.4. The zero-order valence-electron chi connectivity index (χ0n) is 22.8. The second-order valence-corrected chi connectivity index (χ2v) is 10.5. The van der Waals surface area contributed by atoms with Crippen LogP contribution in [0.2, 0.25) is 0 Å². The van der Waals surface area contributed by atoms with Crippen LogP contribution in [0, 0.1) is 0 Å². The Morgan fingerprint density at radius 3 is 2.38 bits per heavy atom. The molecule has 6 rings (SSSR count). The minimum Gasteiger partial charge on any atom is -0.493 e. The van der Waals surface area contributed by atoms with Gasteiger partial charge in [-0.2, -0.15) is 0 Å². The summed E-state index contributed by atoms with van der Waals surface area (Å²) >= 11 is 0. The van der Waals surface area contributed by atoms with Crippen molar-refractivity contribution in [3.05, 3.63) is 94.7 Å². The van der Waals surface area contributed by atoms with Crippen molar-refractivity contribution in [1.82, 2.24) is 14.8 Å². The minimum atomic E-state index is -1.14. The Kier molecular flexibility index (Phi) is 6.09. The zero-order valence-corrected chi connectivity index (χ0v) is 22.8. The lowest BCUT2D eigenvalue weighted by Crippen LogP contribution is -2.67. The van der Waals surface area contributed by atoms with Gasteiger partial charge in [-0.25, -0.2) is 0 Å². The summed E-state index contributed by atoms with van der Waals surface area (Å²) in [6.45, 7) is 4.81. The van der Waals surface area contributed by atoms with E-state index in [1.807, 2.05) is 43.3 Å². The SMILES string of the molecule is CCc1ccc(C2CN3C(=O)CN(Cc4ccc(OC)c(OC)c4)C(=O)[C@]3(C)c3[nH]c4ccccc4c32)cc1. The number of nitrogens with zero attached hydrogens (tertiary/aromatic N) is 2. The molecule has 0 saturated carbocycles. The first-order valence-electron chi connectivity index (χ1n) is 13.4. The molecule has 7 nitrogen and oxygen atoms in total. The molecule has 3 aromatic carbocycles. The highest BCUT2D eigenvalue weighted by Crippen LogP contribution is 2.48. The molecule has 0 spiro atoms. The molecule has 3 heterocycles. The first kappa shape index (κ1) is 25.0. The first-order valence-corrected chi connectivity index (χ1v) is 13.4. The van der Waals surface area contributed by atoms with E-state index in [0.717, 1.165) is 39.7 Å². The Hall–Kier alpha value is -4.26. The maximum absolute atomic E-state index is 14.3. The third-order valence-corrected chi connectivity index (χ3v) is 8.43. The average molecular weight is 524 g/mol. The van der Waals surface area contributed by atoms with E-state index in [1.165, 1.54) is 5.56 Å². The summed E-state index contributed by atoms with van der Waals surface area (Å²) in [7, 11) is 3.17. The van der Waals surface area contributed by atoms with Crippen molar-refractivity contribution < 1.29 is 19.1 Å². The number of methoxy groups -OCH3 is 2. The number of nitrogens with one attached hydrogen (secondary N) is 1. The molecule has 2 atom stereocenters. The molecule has 2 aliphatic rings. The van der Waals surface area contributed by atoms with E-state index in [0.29, 0.717) is 24.6 Å². The number of rotatable bonds is 6. The molecule has 2 amide bonds. The van der Waals surface area contributed by atoms with Gasteiger partial charge in [0.15, 0.2) is 17.0 Å². The van der Waals surface area contributed by atoms with Crippen molar-refractivity contribution in [1.29, 1.82) is 0 Å². The third kappa shape index (κ3) is 3.87. The molecule has 1 unspecified atom stereocenters. The zero-order chi connectivity index (χ0) is 27.3. The van der Waals surface area contributed by atoms with Crippen molar-refractivity contribution in [2.24, 2.45) is 0 Å². The number of hydrogen-bond donors (Lipinski definition) is 1. The lowest BCUT2D eigenvalue weighted by Gasteiger charge is -2.51. The predicted octanol–water partition coefficient (Wildman–Crippen LogP) is 4.98. The highest BCUT2D eigenvalue weighted by molar-refractivity contribution is 6.01. The molecule has 0 bridgehead atoms. The number of carbonyl (C=O) groups excluding carboxylic acids is 2. The van der Waals surface area contributed by atoms with Crippen LogP contribution in [-0.2, 0) is 28.1 Å². The fourth-order valence-corrected chi connectivity index (χ4v) is 6.29. The number of amides is 2. The van der Waals surface area contributed by atoms with Crippen molar-refractivity contribution in [3.63, 3.8) is 0 Å². The fourth-order valence-electron chi connectivity index (χ4n) is 6.29. The van der Waals surface area contributed by atoms with Crippen molar-refractivity contribution in [3.8, 4) is 11.5 Å². The Labute approximate surface area is 228 Å². The van der Waals surface area contributed by atoms with Crippen LogP contribution >= 0.6 is 0 Å². The minimum absolute atomic E-state index is 0.0276. The van der Waals surface area contributed by atoms with Gasteiger partial charge < -0.3 is 24.3 Å². The molecule has 1 fully saturated rings. The Morgan fingerprint density at radius 2 is 1.67 bits per heavy atom. The van der Waals surface area contributed by atoms with Gasteiger partial charge in [0.1, 0.15) is 6.54 Å². The number of para-hydroxylation sites is 1. The van der Waals surface area contributed by atoms with E-state index in [9.17, 15) is 9.59 Å². The molecule has 1 saturated heterocycles. The summed E-state index contributed by atoms with van der Waals surface area (Å²) in [6.07, 6.45) is 0.969. The summed E-state index contributed by atoms with van der Waals surface area (Å²) < 4.78 is 10.8. The van der Waals surface area contributed by atoms with E-state index < -0.39 is 5.54 Å². The lowest BCUT2D eigenvalue weighted by atomic mass is 9.76. The second kappa shape index (κ2) is 9.49. The van der Waals surface area contributed by atoms with Crippen molar-refractivity contribution in [2.45, 2.75) is 38.3 Å². The number of hydrogen-bond acceptors (Lipinski definition) is 4. The summed E-state index contributed by atoms with van der Waals surface area (Å²) in [5.41, 5.74) is 5.02. The maximum atomic E-state index is 14.3. The van der Waals surface area contributed by atoms with Gasteiger partial charge in [-0.1, -0.05) is 55.5 Å². The van der Waals surface area contributed by atoms with Gasteiger partial charge in [0, 0.05) is 29.9 Å². The van der Waals surface area contributed by atoms with E-state index in [-0.39, 0.29) is 24.3 Å². The van der Waals surface area contributed by atoms with Crippen LogP contribution in [0.4, 0.5) is 0 Å². The Bertz CT molecular complexity index is 1570. The van der Waals surface area contributed by atoms with E-state index in [4.69, 9.17) is 9.47 Å². The predicted molar refractivity (Wildman–Crippen MR) is 150 cm³/mol. The highest BCUT2D eigenvalue weighted by Gasteiger charge is 2.56. The van der Waals surface area contributed by atoms with Crippen LogP contribution in [0.25, 0.3) is 10.9 Å². The van der Waals surface area contributed by atoms with Crippen LogP contribution in [0.1, 0.15) is 47.7 Å². The van der Waals surface area contributed by atoms with Crippen molar-refractivity contribution in [2.75, 3.05) is 27.3 Å². The van der Waals surface area contributed by atoms with E-state index in [2.05, 4.69) is 42.2 Å². The van der Waals surface area contributed by atoms with Crippen LogP contribution in [0.5, 0.6) is 11.5 Å². The number of piperazine rings is 1. The number of aromatic nitrogens is 1. The van der Waals surface area contributed by atoms with Gasteiger partial charge >= 0.3 is 0 Å². The van der Waals surface area contributed by atoms with Crippen LogP contribution in [-0.4, -0.2) is 53.9 Å². The first-order chi connectivity index (χ1) is 18.9. The average Bonchev–Trinajstić information content (AvgIpc) is 3.37. The highest BCUT2D eigenvalue weighted by atomic mass is 16.5. The molecule has 4 aromatic rings. The summed E-state index contributed by atoms with van der Waals surface area (Å²) in [5, 5.41) is 1.09. The molecule has 2 aliphatic heterocycles. The van der Waals surface area contributed by atoms with Crippen LogP contribution in [0.15, 0.2) is 66.7 Å². The molecular weight excluding hydrogens is 490 g/mol. The van der Waals surface area contributed by atoms with Gasteiger partial charge in [-0.15, -0.1) is 0 Å². The molecule has 39 heavy (non-hydrogen) atoms. The quantitative estimate of drug-likeness (QED) is 0.387. The number of benzene rings is 3. The van der Waals surface area contributed by atoms with Gasteiger partial charge in [0.2, 0.25) is 5.91 Å². The smallest absolute Gasteiger partial charge is 0.255 e. The monoisotopic (exact) mass is 523 g/mol. The molecule has 0 aliphatic carbocycles. The van der Waals surface area contributed by atoms with Crippen LogP contribution in [0.3, 0.4) is 0 Å². The normalized spacial score (nSPS) is 20.7. The van der Waals surface area contributed by atoms with Gasteiger partial charge in [-0.3, -0.25) is 9.59 Å². The van der Waals surface area contributed by atoms with Crippen molar-refractivity contribution >= 4 is 22.7 Å². The standard InChI is InChI=1S/C32H33N3O4/c1-5-20-10-13-22(14-11-20)24-18-35-28(36)19-34(17-21-12-15-26(38-3)27(16-21)39-4)31(37)32(35,2)30-29(24)23-8-6-7-9-25(23)33-30/h6-16,24,33H,5,17-19H2,1-4H3/t24?,32-/m0/s1. The molecular formula is C32H33N3O4. The number of fused-ring (bicyclic) bond motifs is 5. The molecule has 1 aromatic heterocycles.